The fourth-order valence-electron chi connectivity index (χ4n) is 3.96. The summed E-state index contributed by atoms with van der Waals surface area (Å²) in [6.07, 6.45) is -5.24. The number of Topliss-reactive ketones (excluding diaryl/α,β-unsaturated/α-hetero) is 1. The molecular formula is C19H21F4N5O4. The minimum atomic E-state index is -4.70. The number of fused-ring (bicyclic) bond motifs is 1. The number of anilines is 2. The lowest BCUT2D eigenvalue weighted by Gasteiger charge is -2.40. The maximum absolute atomic E-state index is 14.9. The molecule has 0 aromatic carbocycles. The standard InChI is InChI=1S/C19H21F4N5O4/c1-10-9-31-6-5-26(10)16-15(20)17(30)27-4-3-14(19(21,22)23)28(18(27)24-16)8-13(29)12-7-11(2)32-25-12/h7,10,14H,3-6,8-9H2,1-2H3. The molecule has 13 heteroatoms. The number of carbonyl (C=O) groups is 1. The van der Waals surface area contributed by atoms with Crippen molar-refractivity contribution in [2.24, 2.45) is 0 Å². The van der Waals surface area contributed by atoms with Gasteiger partial charge in [0, 0.05) is 19.2 Å². The molecule has 0 spiro atoms. The molecule has 2 unspecified atom stereocenters. The summed E-state index contributed by atoms with van der Waals surface area (Å²) in [6, 6.07) is -1.11. The zero-order chi connectivity index (χ0) is 23.2. The fourth-order valence-corrected chi connectivity index (χ4v) is 3.96. The van der Waals surface area contributed by atoms with Crippen LogP contribution < -0.4 is 15.4 Å². The van der Waals surface area contributed by atoms with Gasteiger partial charge in [-0.25, -0.2) is 0 Å². The van der Waals surface area contributed by atoms with Crippen LogP contribution in [0.25, 0.3) is 0 Å². The first-order valence-corrected chi connectivity index (χ1v) is 10.0. The molecule has 4 heterocycles. The van der Waals surface area contributed by atoms with Gasteiger partial charge in [-0.15, -0.1) is 0 Å². The van der Waals surface area contributed by atoms with Crippen LogP contribution in [-0.2, 0) is 11.3 Å². The highest BCUT2D eigenvalue weighted by molar-refractivity contribution is 5.97. The number of rotatable bonds is 4. The third kappa shape index (κ3) is 3.96. The Bertz CT molecular complexity index is 1080. The zero-order valence-corrected chi connectivity index (χ0v) is 17.4. The van der Waals surface area contributed by atoms with Gasteiger partial charge < -0.3 is 19.1 Å². The molecule has 1 fully saturated rings. The van der Waals surface area contributed by atoms with Crippen LogP contribution in [0.5, 0.6) is 0 Å². The molecule has 174 valence electrons. The lowest BCUT2D eigenvalue weighted by molar-refractivity contribution is -0.152. The Morgan fingerprint density at radius 1 is 1.31 bits per heavy atom. The quantitative estimate of drug-likeness (QED) is 0.506. The van der Waals surface area contributed by atoms with E-state index >= 15 is 0 Å². The molecule has 4 rings (SSSR count). The zero-order valence-electron chi connectivity index (χ0n) is 17.4. The number of aryl methyl sites for hydroxylation is 1. The van der Waals surface area contributed by atoms with Gasteiger partial charge in [0.15, 0.2) is 11.5 Å². The number of alkyl halides is 3. The van der Waals surface area contributed by atoms with E-state index in [0.29, 0.717) is 10.7 Å². The van der Waals surface area contributed by atoms with Crippen LogP contribution in [-0.4, -0.2) is 65.1 Å². The predicted molar refractivity (Wildman–Crippen MR) is 103 cm³/mol. The number of hydrogen-bond acceptors (Lipinski definition) is 8. The summed E-state index contributed by atoms with van der Waals surface area (Å²) in [5.74, 6) is -2.34. The molecule has 0 bridgehead atoms. The largest absolute Gasteiger partial charge is 0.408 e. The van der Waals surface area contributed by atoms with Crippen molar-refractivity contribution in [2.75, 3.05) is 36.1 Å². The number of carbonyl (C=O) groups excluding carboxylic acids is 1. The van der Waals surface area contributed by atoms with Crippen LogP contribution in [0, 0.1) is 12.7 Å². The van der Waals surface area contributed by atoms with Gasteiger partial charge in [0.05, 0.1) is 25.8 Å². The minimum Gasteiger partial charge on any atom is -0.377 e. The van der Waals surface area contributed by atoms with Gasteiger partial charge in [0.1, 0.15) is 11.8 Å². The molecule has 0 radical (unpaired) electrons. The lowest BCUT2D eigenvalue weighted by Crippen LogP contribution is -2.55. The molecule has 2 aromatic rings. The van der Waals surface area contributed by atoms with E-state index in [1.165, 1.54) is 17.9 Å². The van der Waals surface area contributed by atoms with Gasteiger partial charge in [0.2, 0.25) is 17.5 Å². The summed E-state index contributed by atoms with van der Waals surface area (Å²) in [5.41, 5.74) is -1.23. The molecule has 2 aliphatic heterocycles. The number of nitrogens with zero attached hydrogens (tertiary/aromatic N) is 5. The maximum atomic E-state index is 14.9. The Balaban J connectivity index is 1.80. The maximum Gasteiger partial charge on any atom is 0.408 e. The van der Waals surface area contributed by atoms with Crippen molar-refractivity contribution < 1.29 is 31.6 Å². The van der Waals surface area contributed by atoms with Crippen molar-refractivity contribution in [3.05, 3.63) is 33.7 Å². The average Bonchev–Trinajstić information content (AvgIpc) is 3.17. The second-order valence-electron chi connectivity index (χ2n) is 7.84. The molecule has 0 amide bonds. The number of hydrogen-bond donors (Lipinski definition) is 0. The lowest BCUT2D eigenvalue weighted by atomic mass is 10.1. The molecule has 2 atom stereocenters. The second-order valence-corrected chi connectivity index (χ2v) is 7.84. The van der Waals surface area contributed by atoms with E-state index in [9.17, 15) is 27.2 Å². The number of ether oxygens (including phenoxy) is 1. The summed E-state index contributed by atoms with van der Waals surface area (Å²) in [7, 11) is 0. The highest BCUT2D eigenvalue weighted by Crippen LogP contribution is 2.35. The molecule has 2 aliphatic rings. The smallest absolute Gasteiger partial charge is 0.377 e. The van der Waals surface area contributed by atoms with Crippen LogP contribution in [0.3, 0.4) is 0 Å². The molecular weight excluding hydrogens is 438 g/mol. The monoisotopic (exact) mass is 459 g/mol. The molecule has 1 saturated heterocycles. The van der Waals surface area contributed by atoms with E-state index in [4.69, 9.17) is 9.26 Å². The van der Waals surface area contributed by atoms with E-state index < -0.39 is 48.3 Å². The summed E-state index contributed by atoms with van der Waals surface area (Å²) < 4.78 is 67.4. The highest BCUT2D eigenvalue weighted by atomic mass is 19.4. The van der Waals surface area contributed by atoms with E-state index in [1.807, 2.05) is 0 Å². The minimum absolute atomic E-state index is 0.146. The average molecular weight is 459 g/mol. The first-order valence-electron chi connectivity index (χ1n) is 10.0. The summed E-state index contributed by atoms with van der Waals surface area (Å²) in [5, 5.41) is 3.55. The van der Waals surface area contributed by atoms with Gasteiger partial charge in [0.25, 0.3) is 5.56 Å². The topological polar surface area (TPSA) is 93.7 Å². The Kier molecular flexibility index (Phi) is 5.69. The van der Waals surface area contributed by atoms with Gasteiger partial charge in [-0.2, -0.15) is 22.5 Å². The van der Waals surface area contributed by atoms with Gasteiger partial charge in [-0.1, -0.05) is 5.16 Å². The van der Waals surface area contributed by atoms with E-state index in [-0.39, 0.29) is 43.9 Å². The Morgan fingerprint density at radius 2 is 2.06 bits per heavy atom. The number of ketones is 1. The van der Waals surface area contributed by atoms with Crippen molar-refractivity contribution in [1.82, 2.24) is 14.7 Å². The summed E-state index contributed by atoms with van der Waals surface area (Å²) in [4.78, 5) is 31.7. The van der Waals surface area contributed by atoms with Crippen molar-refractivity contribution in [2.45, 2.75) is 45.1 Å². The van der Waals surface area contributed by atoms with Gasteiger partial charge >= 0.3 is 6.18 Å². The summed E-state index contributed by atoms with van der Waals surface area (Å²) in [6.45, 7) is 2.85. The Labute approximate surface area is 179 Å². The fraction of sp³-hybridized carbons (Fsp3) is 0.579. The van der Waals surface area contributed by atoms with Crippen LogP contribution in [0.15, 0.2) is 15.4 Å². The second kappa shape index (κ2) is 8.19. The normalized spacial score (nSPS) is 21.6. The van der Waals surface area contributed by atoms with Crippen molar-refractivity contribution in [3.8, 4) is 0 Å². The number of morpholine rings is 1. The van der Waals surface area contributed by atoms with E-state index in [1.54, 1.807) is 6.92 Å². The van der Waals surface area contributed by atoms with Crippen LogP contribution in [0.2, 0.25) is 0 Å². The van der Waals surface area contributed by atoms with Gasteiger partial charge in [-0.3, -0.25) is 14.2 Å². The third-order valence-corrected chi connectivity index (χ3v) is 5.58. The molecule has 2 aromatic heterocycles. The van der Waals surface area contributed by atoms with Crippen LogP contribution >= 0.6 is 0 Å². The Hall–Kier alpha value is -2.96. The van der Waals surface area contributed by atoms with Crippen molar-refractivity contribution in [1.29, 1.82) is 0 Å². The van der Waals surface area contributed by atoms with Crippen molar-refractivity contribution >= 4 is 17.5 Å². The molecule has 32 heavy (non-hydrogen) atoms. The highest BCUT2D eigenvalue weighted by Gasteiger charge is 2.48. The Morgan fingerprint density at radius 3 is 2.69 bits per heavy atom. The predicted octanol–water partition coefficient (Wildman–Crippen LogP) is 1.93. The van der Waals surface area contributed by atoms with Crippen LogP contribution in [0.4, 0.5) is 29.3 Å². The SMILES string of the molecule is Cc1cc(C(=O)CN2c3nc(N4CCOCC4C)c(F)c(=O)n3CCC2C(F)(F)F)no1. The van der Waals surface area contributed by atoms with Gasteiger partial charge in [-0.05, 0) is 20.3 Å². The third-order valence-electron chi connectivity index (χ3n) is 5.58. The molecule has 0 saturated carbocycles. The first kappa shape index (κ1) is 22.2. The molecule has 9 nitrogen and oxygen atoms in total. The molecule has 0 N–H and O–H groups in total. The summed E-state index contributed by atoms with van der Waals surface area (Å²) >= 11 is 0. The number of halogens is 4. The van der Waals surface area contributed by atoms with E-state index in [0.717, 1.165) is 4.57 Å². The van der Waals surface area contributed by atoms with E-state index in [2.05, 4.69) is 10.1 Å². The van der Waals surface area contributed by atoms with Crippen molar-refractivity contribution in [3.63, 3.8) is 0 Å². The number of aromatic nitrogens is 3. The van der Waals surface area contributed by atoms with Crippen LogP contribution in [0.1, 0.15) is 29.6 Å². The molecule has 0 aliphatic carbocycles. The first-order chi connectivity index (χ1) is 15.1.